The van der Waals surface area contributed by atoms with Gasteiger partial charge in [0.15, 0.2) is 0 Å². The molecule has 0 saturated carbocycles. The molecule has 7 heteroatoms. The fraction of sp³-hybridized carbons (Fsp3) is 0.318. The van der Waals surface area contributed by atoms with E-state index >= 15 is 0 Å². The van der Waals surface area contributed by atoms with Crippen molar-refractivity contribution >= 4 is 29.2 Å². The third-order valence-corrected chi connectivity index (χ3v) is 5.30. The summed E-state index contributed by atoms with van der Waals surface area (Å²) in [5, 5.41) is 12.7. The van der Waals surface area contributed by atoms with Gasteiger partial charge in [-0.25, -0.2) is 9.69 Å². The number of benzene rings is 2. The lowest BCUT2D eigenvalue weighted by molar-refractivity contribution is -0.121. The standard InChI is InChI=1S/C22H23ClN4O2/c1-14-8-17(23)10-18(9-14)27(22(29)26(2)3)21(28)20-13-25-12-19(20)16-6-4-15(11-24)5-7-16/h4-10,19-20,25H,12-13H2,1-3H3/t19-,20-/m0/s1. The highest BCUT2D eigenvalue weighted by atomic mass is 35.5. The van der Waals surface area contributed by atoms with Crippen LogP contribution in [-0.4, -0.2) is 44.0 Å². The molecule has 0 radical (unpaired) electrons. The first-order valence-electron chi connectivity index (χ1n) is 9.35. The molecule has 2 atom stereocenters. The maximum atomic E-state index is 13.6. The number of aryl methyl sites for hydroxylation is 1. The molecule has 0 unspecified atom stereocenters. The zero-order valence-electron chi connectivity index (χ0n) is 16.6. The lowest BCUT2D eigenvalue weighted by Gasteiger charge is -2.29. The van der Waals surface area contributed by atoms with Gasteiger partial charge in [0.1, 0.15) is 0 Å². The molecule has 1 heterocycles. The minimum Gasteiger partial charge on any atom is -0.330 e. The Kier molecular flexibility index (Phi) is 6.21. The Hall–Kier alpha value is -2.88. The van der Waals surface area contributed by atoms with Crippen LogP contribution in [0.15, 0.2) is 42.5 Å². The van der Waals surface area contributed by atoms with Crippen molar-refractivity contribution in [3.8, 4) is 6.07 Å². The van der Waals surface area contributed by atoms with E-state index in [4.69, 9.17) is 16.9 Å². The zero-order valence-corrected chi connectivity index (χ0v) is 17.4. The van der Waals surface area contributed by atoms with Crippen LogP contribution in [0.1, 0.15) is 22.6 Å². The van der Waals surface area contributed by atoms with Crippen LogP contribution in [0.4, 0.5) is 10.5 Å². The van der Waals surface area contributed by atoms with E-state index in [9.17, 15) is 9.59 Å². The molecule has 1 saturated heterocycles. The highest BCUT2D eigenvalue weighted by Crippen LogP contribution is 2.32. The van der Waals surface area contributed by atoms with Gasteiger partial charge < -0.3 is 10.2 Å². The number of carbonyl (C=O) groups excluding carboxylic acids is 2. The summed E-state index contributed by atoms with van der Waals surface area (Å²) in [6.45, 7) is 2.97. The minimum atomic E-state index is -0.415. The molecule has 2 aromatic carbocycles. The number of anilines is 1. The monoisotopic (exact) mass is 410 g/mol. The largest absolute Gasteiger partial charge is 0.330 e. The van der Waals surface area contributed by atoms with Crippen molar-refractivity contribution in [1.82, 2.24) is 10.2 Å². The van der Waals surface area contributed by atoms with Crippen LogP contribution in [0.3, 0.4) is 0 Å². The molecule has 1 aliphatic heterocycles. The maximum Gasteiger partial charge on any atom is 0.330 e. The number of halogens is 1. The number of carbonyl (C=O) groups is 2. The first kappa shape index (κ1) is 20.8. The second-order valence-corrected chi connectivity index (χ2v) is 7.88. The van der Waals surface area contributed by atoms with Gasteiger partial charge in [-0.05, 0) is 48.4 Å². The van der Waals surface area contributed by atoms with Crippen LogP contribution in [0.25, 0.3) is 0 Å². The van der Waals surface area contributed by atoms with E-state index in [2.05, 4.69) is 11.4 Å². The van der Waals surface area contributed by atoms with Gasteiger partial charge in [0.05, 0.1) is 23.2 Å². The highest BCUT2D eigenvalue weighted by Gasteiger charge is 2.39. The van der Waals surface area contributed by atoms with Crippen molar-refractivity contribution in [2.45, 2.75) is 12.8 Å². The molecule has 0 spiro atoms. The van der Waals surface area contributed by atoms with Gasteiger partial charge in [-0.15, -0.1) is 0 Å². The first-order valence-corrected chi connectivity index (χ1v) is 9.73. The van der Waals surface area contributed by atoms with E-state index in [0.717, 1.165) is 11.1 Å². The van der Waals surface area contributed by atoms with Crippen molar-refractivity contribution in [1.29, 1.82) is 5.26 Å². The quantitative estimate of drug-likeness (QED) is 0.839. The molecule has 2 aromatic rings. The number of urea groups is 1. The summed E-state index contributed by atoms with van der Waals surface area (Å²) in [6, 6.07) is 14.1. The molecular formula is C22H23ClN4O2. The second kappa shape index (κ2) is 8.64. The summed E-state index contributed by atoms with van der Waals surface area (Å²) in [7, 11) is 3.23. The Morgan fingerprint density at radius 2 is 1.83 bits per heavy atom. The molecule has 3 amide bonds. The Morgan fingerprint density at radius 1 is 1.14 bits per heavy atom. The number of amides is 3. The molecule has 1 aliphatic rings. The lowest BCUT2D eigenvalue weighted by Crippen LogP contribution is -2.47. The third-order valence-electron chi connectivity index (χ3n) is 5.08. The normalized spacial score (nSPS) is 18.2. The third kappa shape index (κ3) is 4.42. The summed E-state index contributed by atoms with van der Waals surface area (Å²) in [6.07, 6.45) is 0. The summed E-state index contributed by atoms with van der Waals surface area (Å²) < 4.78 is 0. The van der Waals surface area contributed by atoms with Crippen molar-refractivity contribution in [3.63, 3.8) is 0 Å². The summed E-state index contributed by atoms with van der Waals surface area (Å²) in [5.41, 5.74) is 2.86. The van der Waals surface area contributed by atoms with Crippen LogP contribution in [0.2, 0.25) is 5.02 Å². The van der Waals surface area contributed by atoms with E-state index in [0.29, 0.717) is 29.4 Å². The smallest absolute Gasteiger partial charge is 0.330 e. The molecule has 150 valence electrons. The number of hydrogen-bond acceptors (Lipinski definition) is 4. The highest BCUT2D eigenvalue weighted by molar-refractivity contribution is 6.31. The van der Waals surface area contributed by atoms with Crippen molar-refractivity contribution in [2.24, 2.45) is 5.92 Å². The molecule has 1 N–H and O–H groups in total. The van der Waals surface area contributed by atoms with Crippen molar-refractivity contribution in [2.75, 3.05) is 32.1 Å². The van der Waals surface area contributed by atoms with E-state index in [1.165, 1.54) is 9.80 Å². The number of imide groups is 1. The summed E-state index contributed by atoms with van der Waals surface area (Å²) in [5.74, 6) is -0.774. The van der Waals surface area contributed by atoms with Crippen molar-refractivity contribution < 1.29 is 9.59 Å². The topological polar surface area (TPSA) is 76.4 Å². The Labute approximate surface area is 175 Å². The molecule has 0 aliphatic carbocycles. The van der Waals surface area contributed by atoms with E-state index in [1.54, 1.807) is 44.4 Å². The fourth-order valence-corrected chi connectivity index (χ4v) is 3.92. The van der Waals surface area contributed by atoms with Crippen LogP contribution in [0, 0.1) is 24.2 Å². The molecule has 29 heavy (non-hydrogen) atoms. The van der Waals surface area contributed by atoms with E-state index in [1.807, 2.05) is 19.1 Å². The van der Waals surface area contributed by atoms with Gasteiger partial charge in [-0.2, -0.15) is 5.26 Å². The maximum absolute atomic E-state index is 13.6. The minimum absolute atomic E-state index is 0.0898. The zero-order chi connectivity index (χ0) is 21.1. The fourth-order valence-electron chi connectivity index (χ4n) is 3.64. The Balaban J connectivity index is 1.97. The van der Waals surface area contributed by atoms with Crippen LogP contribution in [-0.2, 0) is 4.79 Å². The van der Waals surface area contributed by atoms with Gasteiger partial charge >= 0.3 is 6.03 Å². The summed E-state index contributed by atoms with van der Waals surface area (Å²) in [4.78, 5) is 29.1. The van der Waals surface area contributed by atoms with Crippen LogP contribution >= 0.6 is 11.6 Å². The number of hydrogen-bond donors (Lipinski definition) is 1. The summed E-state index contributed by atoms with van der Waals surface area (Å²) >= 11 is 6.19. The molecule has 1 fully saturated rings. The average molecular weight is 411 g/mol. The number of nitrogens with zero attached hydrogens (tertiary/aromatic N) is 3. The van der Waals surface area contributed by atoms with Gasteiger partial charge in [-0.3, -0.25) is 4.79 Å². The van der Waals surface area contributed by atoms with Crippen LogP contribution in [0.5, 0.6) is 0 Å². The van der Waals surface area contributed by atoms with Gasteiger partial charge in [0.2, 0.25) is 5.91 Å². The Morgan fingerprint density at radius 3 is 2.41 bits per heavy atom. The number of nitrogens with one attached hydrogen (secondary N) is 1. The molecule has 6 nitrogen and oxygen atoms in total. The SMILES string of the molecule is Cc1cc(Cl)cc(N(C(=O)[C@H]2CNC[C@H]2c2ccc(C#N)cc2)C(=O)N(C)C)c1. The van der Waals surface area contributed by atoms with Gasteiger partial charge in [-0.1, -0.05) is 23.7 Å². The van der Waals surface area contributed by atoms with Crippen molar-refractivity contribution in [3.05, 3.63) is 64.2 Å². The molecule has 3 rings (SSSR count). The predicted octanol–water partition coefficient (Wildman–Crippen LogP) is 3.54. The van der Waals surface area contributed by atoms with Gasteiger partial charge in [0, 0.05) is 38.1 Å². The van der Waals surface area contributed by atoms with Gasteiger partial charge in [0.25, 0.3) is 0 Å². The van der Waals surface area contributed by atoms with Crippen LogP contribution < -0.4 is 10.2 Å². The molecule has 0 aromatic heterocycles. The number of rotatable bonds is 3. The molecular weight excluding hydrogens is 388 g/mol. The average Bonchev–Trinajstić information content (AvgIpc) is 3.17. The van der Waals surface area contributed by atoms with E-state index in [-0.39, 0.29) is 11.8 Å². The number of nitriles is 1. The molecule has 0 bridgehead atoms. The lowest BCUT2D eigenvalue weighted by atomic mass is 9.87. The first-order chi connectivity index (χ1) is 13.8. The predicted molar refractivity (Wildman–Crippen MR) is 113 cm³/mol. The van der Waals surface area contributed by atoms with E-state index < -0.39 is 11.9 Å². The second-order valence-electron chi connectivity index (χ2n) is 7.44. The Bertz CT molecular complexity index is 946.